The number of hydrogen-bond acceptors (Lipinski definition) is 3. The summed E-state index contributed by atoms with van der Waals surface area (Å²) in [6, 6.07) is 17.5. The van der Waals surface area contributed by atoms with Crippen molar-refractivity contribution in [3.63, 3.8) is 0 Å². The van der Waals surface area contributed by atoms with Crippen molar-refractivity contribution in [1.82, 2.24) is 9.88 Å². The smallest absolute Gasteiger partial charge is 0.141 e. The second-order valence-electron chi connectivity index (χ2n) is 6.81. The van der Waals surface area contributed by atoms with Crippen LogP contribution in [-0.4, -0.2) is 28.1 Å². The molecule has 144 valence electrons. The minimum absolute atomic E-state index is 0. The molecule has 0 unspecified atom stereocenters. The Morgan fingerprint density at radius 1 is 1.07 bits per heavy atom. The van der Waals surface area contributed by atoms with Crippen molar-refractivity contribution in [3.8, 4) is 5.75 Å². The number of aromatic nitrogens is 1. The Labute approximate surface area is 176 Å². The molecule has 1 aliphatic heterocycles. The number of halogens is 2. The molecule has 0 amide bonds. The number of rotatable bonds is 4. The third-order valence-electron chi connectivity index (χ3n) is 4.81. The molecule has 3 aromatic rings. The standard InChI is InChI=1S/C23H21ClN2O.ClH/c24-20-5-1-3-18(15-20)16-26-13-11-17(12-14-26)7-9-21-10-8-19-4-2-6-22(27)23(19)25-21;/h1-11,15,27H,12-14,16H2;1H/b9-7+;. The van der Waals surface area contributed by atoms with E-state index in [-0.39, 0.29) is 18.2 Å². The number of nitrogens with zero attached hydrogens (tertiary/aromatic N) is 2. The van der Waals surface area contributed by atoms with Gasteiger partial charge in [-0.3, -0.25) is 4.90 Å². The van der Waals surface area contributed by atoms with Crippen LogP contribution in [0.25, 0.3) is 17.0 Å². The highest BCUT2D eigenvalue weighted by atomic mass is 35.5. The molecule has 1 N–H and O–H groups in total. The molecule has 0 bridgehead atoms. The molecule has 2 heterocycles. The molecule has 5 heteroatoms. The second-order valence-corrected chi connectivity index (χ2v) is 7.25. The largest absolute Gasteiger partial charge is 0.506 e. The van der Waals surface area contributed by atoms with Gasteiger partial charge < -0.3 is 5.11 Å². The van der Waals surface area contributed by atoms with Gasteiger partial charge in [-0.25, -0.2) is 4.98 Å². The molecule has 0 aliphatic carbocycles. The van der Waals surface area contributed by atoms with Crippen molar-refractivity contribution in [2.75, 3.05) is 13.1 Å². The second kappa shape index (κ2) is 9.24. The molecular weight excluding hydrogens is 391 g/mol. The van der Waals surface area contributed by atoms with Crippen LogP contribution in [0.15, 0.2) is 72.3 Å². The third kappa shape index (κ3) is 4.93. The Bertz CT molecular complexity index is 1030. The van der Waals surface area contributed by atoms with Gasteiger partial charge in [0.05, 0.1) is 5.69 Å². The number of aromatic hydroxyl groups is 1. The Morgan fingerprint density at radius 3 is 2.71 bits per heavy atom. The van der Waals surface area contributed by atoms with E-state index in [0.717, 1.165) is 42.2 Å². The van der Waals surface area contributed by atoms with E-state index in [1.54, 1.807) is 6.07 Å². The minimum atomic E-state index is 0. The van der Waals surface area contributed by atoms with E-state index < -0.39 is 0 Å². The first-order valence-electron chi connectivity index (χ1n) is 9.10. The predicted molar refractivity (Wildman–Crippen MR) is 119 cm³/mol. The number of pyridine rings is 1. The fourth-order valence-corrected chi connectivity index (χ4v) is 3.56. The van der Waals surface area contributed by atoms with Gasteiger partial charge in [0.2, 0.25) is 0 Å². The molecule has 0 saturated heterocycles. The number of benzene rings is 2. The van der Waals surface area contributed by atoms with Crippen molar-refractivity contribution >= 4 is 41.0 Å². The van der Waals surface area contributed by atoms with E-state index in [2.05, 4.69) is 28.1 Å². The van der Waals surface area contributed by atoms with Gasteiger partial charge in [-0.15, -0.1) is 12.4 Å². The van der Waals surface area contributed by atoms with Crippen LogP contribution in [0.4, 0.5) is 0 Å². The maximum Gasteiger partial charge on any atom is 0.141 e. The van der Waals surface area contributed by atoms with Gasteiger partial charge in [0.25, 0.3) is 0 Å². The molecule has 3 nitrogen and oxygen atoms in total. The summed E-state index contributed by atoms with van der Waals surface area (Å²) in [6.45, 7) is 2.87. The quantitative estimate of drug-likeness (QED) is 0.582. The topological polar surface area (TPSA) is 36.4 Å². The monoisotopic (exact) mass is 412 g/mol. The number of phenols is 1. The average Bonchev–Trinajstić information content (AvgIpc) is 2.68. The molecule has 1 aromatic heterocycles. The molecule has 0 spiro atoms. The fourth-order valence-electron chi connectivity index (χ4n) is 3.35. The highest BCUT2D eigenvalue weighted by Crippen LogP contribution is 2.23. The Kier molecular flexibility index (Phi) is 6.74. The zero-order chi connectivity index (χ0) is 18.6. The molecule has 0 fully saturated rings. The first-order chi connectivity index (χ1) is 13.2. The predicted octanol–water partition coefficient (Wildman–Crippen LogP) is 5.86. The Balaban J connectivity index is 0.00000225. The Hall–Kier alpha value is -2.33. The molecular formula is C23H22Cl2N2O. The van der Waals surface area contributed by atoms with Crippen molar-refractivity contribution < 1.29 is 5.11 Å². The first kappa shape index (κ1) is 20.4. The van der Waals surface area contributed by atoms with Crippen LogP contribution < -0.4 is 0 Å². The molecule has 0 saturated carbocycles. The van der Waals surface area contributed by atoms with Gasteiger partial charge in [0.1, 0.15) is 11.3 Å². The maximum atomic E-state index is 9.97. The van der Waals surface area contributed by atoms with Gasteiger partial charge in [0, 0.05) is 30.0 Å². The van der Waals surface area contributed by atoms with Gasteiger partial charge in [-0.05, 0) is 47.9 Å². The zero-order valence-electron chi connectivity index (χ0n) is 15.4. The highest BCUT2D eigenvalue weighted by Gasteiger charge is 2.11. The number of allylic oxidation sites excluding steroid dienone is 1. The summed E-state index contributed by atoms with van der Waals surface area (Å²) in [5.74, 6) is 0.219. The molecule has 1 aliphatic rings. The van der Waals surface area contributed by atoms with Gasteiger partial charge >= 0.3 is 0 Å². The maximum absolute atomic E-state index is 9.97. The molecule has 0 atom stereocenters. The number of para-hydroxylation sites is 1. The molecule has 4 rings (SSSR count). The summed E-state index contributed by atoms with van der Waals surface area (Å²) in [5, 5.41) is 11.7. The number of hydrogen-bond donors (Lipinski definition) is 1. The fraction of sp³-hybridized carbons (Fsp3) is 0.174. The van der Waals surface area contributed by atoms with E-state index in [1.165, 1.54) is 11.1 Å². The van der Waals surface area contributed by atoms with Crippen LogP contribution in [-0.2, 0) is 6.54 Å². The number of phenolic OH excluding ortho intramolecular Hbond substituents is 1. The molecule has 2 aromatic carbocycles. The zero-order valence-corrected chi connectivity index (χ0v) is 17.0. The van der Waals surface area contributed by atoms with Crippen LogP contribution in [0.1, 0.15) is 17.7 Å². The van der Waals surface area contributed by atoms with Crippen LogP contribution in [0, 0.1) is 0 Å². The van der Waals surface area contributed by atoms with Gasteiger partial charge in [0.15, 0.2) is 0 Å². The van der Waals surface area contributed by atoms with E-state index >= 15 is 0 Å². The van der Waals surface area contributed by atoms with Gasteiger partial charge in [-0.1, -0.05) is 54.1 Å². The van der Waals surface area contributed by atoms with E-state index in [1.807, 2.05) is 48.5 Å². The summed E-state index contributed by atoms with van der Waals surface area (Å²) in [7, 11) is 0. The first-order valence-corrected chi connectivity index (χ1v) is 9.48. The SMILES string of the molecule is Cl.Oc1cccc2ccc(/C=C/C3=CCN(Cc4cccc(Cl)c4)CC3)nc12. The lowest BCUT2D eigenvalue weighted by Crippen LogP contribution is -2.28. The third-order valence-corrected chi connectivity index (χ3v) is 5.05. The van der Waals surface area contributed by atoms with E-state index in [9.17, 15) is 5.11 Å². The van der Waals surface area contributed by atoms with Crippen LogP contribution in [0.5, 0.6) is 5.75 Å². The van der Waals surface area contributed by atoms with Crippen LogP contribution >= 0.6 is 24.0 Å². The summed E-state index contributed by atoms with van der Waals surface area (Å²) in [5.41, 5.74) is 4.06. The molecule has 28 heavy (non-hydrogen) atoms. The number of fused-ring (bicyclic) bond motifs is 1. The van der Waals surface area contributed by atoms with Crippen molar-refractivity contribution in [3.05, 3.63) is 88.6 Å². The normalized spacial score (nSPS) is 14.8. The van der Waals surface area contributed by atoms with Crippen LogP contribution in [0.3, 0.4) is 0 Å². The lowest BCUT2D eigenvalue weighted by Gasteiger charge is -2.25. The van der Waals surface area contributed by atoms with Crippen LogP contribution in [0.2, 0.25) is 5.02 Å². The van der Waals surface area contributed by atoms with E-state index in [0.29, 0.717) is 5.52 Å². The average molecular weight is 413 g/mol. The highest BCUT2D eigenvalue weighted by molar-refractivity contribution is 6.30. The van der Waals surface area contributed by atoms with Gasteiger partial charge in [-0.2, -0.15) is 0 Å². The van der Waals surface area contributed by atoms with Crippen molar-refractivity contribution in [2.45, 2.75) is 13.0 Å². The lowest BCUT2D eigenvalue weighted by molar-refractivity contribution is 0.287. The minimum Gasteiger partial charge on any atom is -0.506 e. The summed E-state index contributed by atoms with van der Waals surface area (Å²) in [4.78, 5) is 6.96. The van der Waals surface area contributed by atoms with Crippen molar-refractivity contribution in [2.24, 2.45) is 0 Å². The lowest BCUT2D eigenvalue weighted by atomic mass is 10.1. The van der Waals surface area contributed by atoms with Crippen molar-refractivity contribution in [1.29, 1.82) is 0 Å². The van der Waals surface area contributed by atoms with E-state index in [4.69, 9.17) is 11.6 Å². The Morgan fingerprint density at radius 2 is 1.93 bits per heavy atom. The molecule has 0 radical (unpaired) electrons. The summed E-state index contributed by atoms with van der Waals surface area (Å²) >= 11 is 6.07. The summed E-state index contributed by atoms with van der Waals surface area (Å²) in [6.07, 6.45) is 7.42. The summed E-state index contributed by atoms with van der Waals surface area (Å²) < 4.78 is 0.